The third kappa shape index (κ3) is 36.2. The summed E-state index contributed by atoms with van der Waals surface area (Å²) in [5, 5.41) is 118. The predicted molar refractivity (Wildman–Crippen MR) is 572 cm³/mol. The van der Waals surface area contributed by atoms with Gasteiger partial charge >= 0.3 is 98.5 Å². The van der Waals surface area contributed by atoms with E-state index < -0.39 is 14.8 Å². The molecule has 0 aliphatic carbocycles. The Morgan fingerprint density at radius 1 is 0.537 bits per heavy atom. The Hall–Kier alpha value is -13.9. The third-order valence-corrected chi connectivity index (χ3v) is 21.4. The van der Waals surface area contributed by atoms with Crippen molar-refractivity contribution < 1.29 is 220 Å². The first-order chi connectivity index (χ1) is 68.4. The number of isothiocyanates is 1. The molecule has 5 heterocycles. The van der Waals surface area contributed by atoms with E-state index in [1.54, 1.807) is 63.2 Å². The molecule has 0 atom stereocenters. The Kier molecular flexibility index (Phi) is 58.7. The zero-order chi connectivity index (χ0) is 106. The van der Waals surface area contributed by atoms with E-state index >= 15 is 0 Å². The number of benzene rings is 10. The number of aromatic nitrogens is 3. The van der Waals surface area contributed by atoms with Crippen LogP contribution in [0.25, 0.3) is 61.0 Å². The van der Waals surface area contributed by atoms with Gasteiger partial charge in [-0.15, -0.1) is 24.4 Å². The van der Waals surface area contributed by atoms with Crippen LogP contribution in [0.3, 0.4) is 0 Å². The van der Waals surface area contributed by atoms with Crippen molar-refractivity contribution in [3.05, 3.63) is 262 Å². The average molecular weight is 2260 g/mol. The number of carbonyl (C=O) groups is 2. The number of thiocarbonyl (C=S) groups is 2. The summed E-state index contributed by atoms with van der Waals surface area (Å²) in [4.78, 5) is 60.0. The van der Waals surface area contributed by atoms with Gasteiger partial charge in [-0.05, 0) is 223 Å². The van der Waals surface area contributed by atoms with E-state index in [4.69, 9.17) is 104 Å². The van der Waals surface area contributed by atoms with Gasteiger partial charge < -0.3 is 118 Å². The third-order valence-electron chi connectivity index (χ3n) is 20.6. The number of H-pyrrole nitrogens is 1. The van der Waals surface area contributed by atoms with Crippen molar-refractivity contribution in [1.82, 2.24) is 20.1 Å². The van der Waals surface area contributed by atoms with Crippen molar-refractivity contribution in [3.8, 4) is 122 Å². The zero-order valence-electron chi connectivity index (χ0n) is 83.3. The minimum Gasteiger partial charge on any atom is -1.00 e. The van der Waals surface area contributed by atoms with Crippen molar-refractivity contribution in [2.75, 3.05) is 91.5 Å². The number of nitro benzene ring substituents is 3. The fourth-order valence-electron chi connectivity index (χ4n) is 13.7. The number of anilines is 2. The van der Waals surface area contributed by atoms with Crippen LogP contribution in [-0.4, -0.2) is 174 Å². The molecular formula is C104H115ClCsFN11NaO27S3. The summed E-state index contributed by atoms with van der Waals surface area (Å²) in [5.74, 6) is 9.97. The number of nitrogens with zero attached hydrogens (tertiary/aromatic N) is 7. The number of aryl methyl sites for hydroxylation is 7. The molecule has 15 rings (SSSR count). The maximum Gasteiger partial charge on any atom is 1.00 e. The van der Waals surface area contributed by atoms with Crippen LogP contribution in [0.5, 0.6) is 80.5 Å². The Morgan fingerprint density at radius 3 is 1.42 bits per heavy atom. The molecule has 0 unspecified atom stereocenters. The van der Waals surface area contributed by atoms with Crippen LogP contribution in [-0.2, 0) is 19.3 Å². The number of methoxy groups -OCH3 is 6. The summed E-state index contributed by atoms with van der Waals surface area (Å²) in [7, 11) is 9.08. The first kappa shape index (κ1) is 133. The van der Waals surface area contributed by atoms with E-state index in [2.05, 4.69) is 104 Å². The molecule has 15 aromatic rings. The van der Waals surface area contributed by atoms with Crippen molar-refractivity contribution in [3.63, 3.8) is 0 Å². The number of aromatic amines is 1. The van der Waals surface area contributed by atoms with Gasteiger partial charge in [0.2, 0.25) is 0 Å². The van der Waals surface area contributed by atoms with Gasteiger partial charge in [0.25, 0.3) is 17.1 Å². The van der Waals surface area contributed by atoms with Crippen molar-refractivity contribution in [2.45, 2.75) is 96.4 Å². The molecule has 0 aliphatic heterocycles. The number of Topliss-reactive ketones (excluding diaryl/α,β-unsaturated/α-hetero) is 2. The molecular weight excluding hydrogens is 2140 g/mol. The maximum atomic E-state index is 12.5. The SMILES string of the molecule is C.C.C#CCCl.C#CCOc1cc([N+](=O)[O-])ccc1OC.CCN(CC)c1ccccc1.CCc1cc(-c2n[nH]c(=S)n2-c2ccc(OC)c3oc(C)cc23)c(O)cc1O.CCc1cc(C(=O)CN)c(O)cc1O.CCc1cc(C(=O)CNC(=S)Nc2ccc(OC)c3oc(C)cc23)c(O)cc1O.COc1ccc(N=C=S)c2cc(C)oc12.COc1ccc([N+](=O)[O-])c2cc(C)oc12.COc1ccc([N+](=O)[O-])cc1O.[Cs+].[F-].[Na+].[OH-]. The van der Waals surface area contributed by atoms with Crippen LogP contribution in [0, 0.1) is 87.5 Å². The number of aliphatic imine (C=N–C) groups is 1. The molecule has 38 nitrogen and oxygen atoms in total. The second-order valence-electron chi connectivity index (χ2n) is 29.7. The minimum atomic E-state index is -0.584. The molecule has 0 fully saturated rings. The summed E-state index contributed by atoms with van der Waals surface area (Å²) in [5.41, 5.74) is 13.5. The van der Waals surface area contributed by atoms with Gasteiger partial charge in [-0.3, -0.25) is 49.6 Å². The van der Waals surface area contributed by atoms with Gasteiger partial charge in [0.15, 0.2) is 95.6 Å². The molecule has 0 saturated carbocycles. The van der Waals surface area contributed by atoms with Crippen molar-refractivity contribution in [1.29, 1.82) is 0 Å². The maximum absolute atomic E-state index is 12.5. The molecule has 149 heavy (non-hydrogen) atoms. The number of phenols is 7. The number of nitro groups is 3. The molecule has 5 aromatic heterocycles. The molecule has 0 spiro atoms. The average Bonchev–Trinajstić information content (AvgIpc) is 1.61. The van der Waals surface area contributed by atoms with Gasteiger partial charge in [0.1, 0.15) is 69.5 Å². The molecule has 0 aliphatic rings. The summed E-state index contributed by atoms with van der Waals surface area (Å²) in [6.07, 6.45) is 11.4. The molecule has 13 N–H and O–H groups in total. The quantitative estimate of drug-likeness (QED) is 0.00350. The number of non-ortho nitro benzene ring substituents is 3. The van der Waals surface area contributed by atoms with E-state index in [1.807, 2.05) is 84.0 Å². The van der Waals surface area contributed by atoms with Gasteiger partial charge in [-0.25, -0.2) is 0 Å². The fraction of sp³-hybridized carbons (Fsp3) is 0.250. The van der Waals surface area contributed by atoms with E-state index in [0.29, 0.717) is 126 Å². The number of rotatable bonds is 26. The Balaban J connectivity index is 0.000000862. The second-order valence-corrected chi connectivity index (χ2v) is 30.9. The number of para-hydroxylation sites is 1. The largest absolute Gasteiger partial charge is 1.00 e. The number of halogens is 2. The Bertz CT molecular complexity index is 7150. The number of nitrogens with two attached hydrogens (primary N) is 1. The Labute approximate surface area is 960 Å². The standard InChI is InChI=1S/C21H22N2O5S.C20H19N3O4S.C11H9NO2S.2C10H9NO4.C10H13NO3.C10H15N.C7H7NO4.C3H3Cl.2CH4.Cs.FH.Na.H2O/c1-4-12-8-14(17(25)9-16(12)24)18(26)10-22-21(29)23-15-5-6-19(27-3)20-13(15)7-11(2)28-20;1-4-11-8-13(16(25)9-15(11)24)19-21-22-20(28)23(19)14-5-6-17(26-3)18-12(14)7-10(2)27-18;1-7-5-8-9(12-6-15)3-4-10(13-2)11(8)14-7;1-6-5-7-8(11(12)13)3-4-9(14-2)10(7)15-6;1-3-6-15-10-7-8(11(12)13)4-5-9(10)14-2;1-2-6-3-7(10(14)5-11)9(13)4-8(6)12;1-3-11(4-2)10-8-6-5-7-9-10;1-12-7-3-2-5(8(10)11)4-6(7)9;1-2-3-4;;;;;;/h5-9,24-25H,4,10H2,1-3H3,(H2,22,23,29);5-9,24-25H,4H2,1-3H3,(H,22,28);2*3-5H,1-2H3;1,4-5,7H,6H2,2H3;3-4,12-13H,2,5,11H2,1H3;5-9H,3-4H2,1-2H3;2-4,9H,1H3;1H,3H2;2*1H4;;1H;;1H2/q;;;;;;;;;;;+1;;+1;/p-2. The first-order valence-corrected chi connectivity index (χ1v) is 45.0. The molecule has 0 bridgehead atoms. The van der Waals surface area contributed by atoms with Crippen LogP contribution in [0.4, 0.5) is 34.1 Å². The van der Waals surface area contributed by atoms with Crippen molar-refractivity contribution in [2.24, 2.45) is 10.7 Å². The molecule has 10 aromatic carbocycles. The first-order valence-electron chi connectivity index (χ1n) is 43.2. The van der Waals surface area contributed by atoms with Crippen LogP contribution in [0.1, 0.15) is 110 Å². The molecule has 0 radical (unpaired) electrons. The zero-order valence-corrected chi connectivity index (χ0v) is 94.8. The summed E-state index contributed by atoms with van der Waals surface area (Å²) in [6.45, 7) is 19.2. The summed E-state index contributed by atoms with van der Waals surface area (Å²) < 4.78 is 60.2. The number of ether oxygens (including phenoxy) is 7. The number of fused-ring (bicyclic) bond motifs is 4. The summed E-state index contributed by atoms with van der Waals surface area (Å²) >= 11 is 20.3. The molecule has 782 valence electrons. The number of hydrogen-bond acceptors (Lipinski definition) is 34. The summed E-state index contributed by atoms with van der Waals surface area (Å²) in [6, 6.07) is 47.7. The predicted octanol–water partition coefficient (Wildman–Crippen LogP) is 13.9. The number of ketones is 2. The topological polar surface area (TPSA) is 552 Å². The van der Waals surface area contributed by atoms with Crippen molar-refractivity contribution >= 4 is 148 Å². The second kappa shape index (κ2) is 65.7. The van der Waals surface area contributed by atoms with Crippen LogP contribution in [0.2, 0.25) is 0 Å². The molecule has 0 amide bonds. The van der Waals surface area contributed by atoms with E-state index in [-0.39, 0.29) is 240 Å². The van der Waals surface area contributed by atoms with Gasteiger partial charge in [0, 0.05) is 65.9 Å². The monoisotopic (exact) mass is 2260 g/mol. The van der Waals surface area contributed by atoms with Gasteiger partial charge in [-0.2, -0.15) is 10.1 Å². The number of aromatic hydroxyl groups is 7. The number of hydrogen-bond donors (Lipinski definition) is 11. The normalized spacial score (nSPS) is 9.74. The van der Waals surface area contributed by atoms with Crippen LogP contribution < -0.4 is 158 Å². The van der Waals surface area contributed by atoms with E-state index in [1.165, 1.54) is 99.8 Å². The fourth-order valence-corrected chi connectivity index (χ4v) is 14.2. The number of carbonyl (C=O) groups excluding carboxylic acids is 2. The van der Waals surface area contributed by atoms with E-state index in [0.717, 1.165) is 64.0 Å². The number of furan rings is 4. The smallest absolute Gasteiger partial charge is 1.00 e. The number of terminal acetylenes is 2. The Morgan fingerprint density at radius 2 is 0.960 bits per heavy atom. The molecule has 45 heteroatoms. The van der Waals surface area contributed by atoms with Gasteiger partial charge in [-0.1, -0.05) is 65.7 Å². The number of phenolic OH excluding ortho intramolecular Hbond substituents is 7. The van der Waals surface area contributed by atoms with Crippen LogP contribution >= 0.6 is 48.3 Å². The van der Waals surface area contributed by atoms with E-state index in [9.17, 15) is 70.6 Å². The van der Waals surface area contributed by atoms with Crippen LogP contribution in [0.15, 0.2) is 199 Å². The van der Waals surface area contributed by atoms with Gasteiger partial charge in [0.05, 0.1) is 133 Å². The molecule has 0 saturated heterocycles. The minimum absolute atomic E-state index is 0. The number of alkyl halides is 1. The number of nitrogens with one attached hydrogen (secondary N) is 3.